The third kappa shape index (κ3) is 4.44. The molecular formula is C16H33NO2. The van der Waals surface area contributed by atoms with Gasteiger partial charge in [0.25, 0.3) is 0 Å². The number of rotatable bonds is 4. The van der Waals surface area contributed by atoms with E-state index in [2.05, 4.69) is 25.7 Å². The zero-order chi connectivity index (χ0) is 14.8. The van der Waals surface area contributed by atoms with Gasteiger partial charge in [-0.05, 0) is 57.4 Å². The van der Waals surface area contributed by atoms with Crippen LogP contribution in [0.3, 0.4) is 0 Å². The number of nitrogens with zero attached hydrogens (tertiary/aromatic N) is 1. The molecule has 0 aromatic carbocycles. The normalized spacial score (nSPS) is 29.8. The monoisotopic (exact) mass is 271 g/mol. The minimum absolute atomic E-state index is 0.148. The third-order valence-corrected chi connectivity index (χ3v) is 5.10. The second kappa shape index (κ2) is 6.11. The van der Waals surface area contributed by atoms with Crippen molar-refractivity contribution in [3.05, 3.63) is 0 Å². The molecule has 0 aliphatic heterocycles. The van der Waals surface area contributed by atoms with Crippen LogP contribution in [0.15, 0.2) is 0 Å². The summed E-state index contributed by atoms with van der Waals surface area (Å²) in [7, 11) is 2.05. The SMILES string of the molecule is CN(CC1CC(C(C)(C)C)CCC1O)C(C)(C)CO. The average Bonchev–Trinajstić information content (AvgIpc) is 2.30. The van der Waals surface area contributed by atoms with Gasteiger partial charge in [-0.15, -0.1) is 0 Å². The smallest absolute Gasteiger partial charge is 0.0609 e. The van der Waals surface area contributed by atoms with E-state index >= 15 is 0 Å². The maximum Gasteiger partial charge on any atom is 0.0609 e. The molecule has 0 aromatic heterocycles. The Morgan fingerprint density at radius 2 is 1.68 bits per heavy atom. The molecule has 3 atom stereocenters. The maximum absolute atomic E-state index is 10.3. The summed E-state index contributed by atoms with van der Waals surface area (Å²) >= 11 is 0. The van der Waals surface area contributed by atoms with Crippen molar-refractivity contribution in [2.45, 2.75) is 65.5 Å². The highest BCUT2D eigenvalue weighted by Gasteiger charge is 2.36. The van der Waals surface area contributed by atoms with Crippen molar-refractivity contribution < 1.29 is 10.2 Å². The first-order valence-electron chi connectivity index (χ1n) is 7.58. The van der Waals surface area contributed by atoms with Gasteiger partial charge in [-0.2, -0.15) is 0 Å². The van der Waals surface area contributed by atoms with Crippen LogP contribution in [0, 0.1) is 17.3 Å². The van der Waals surface area contributed by atoms with Crippen LogP contribution in [0.25, 0.3) is 0 Å². The molecular weight excluding hydrogens is 238 g/mol. The van der Waals surface area contributed by atoms with Crippen molar-refractivity contribution in [3.8, 4) is 0 Å². The predicted molar refractivity (Wildman–Crippen MR) is 80.1 cm³/mol. The largest absolute Gasteiger partial charge is 0.394 e. The van der Waals surface area contributed by atoms with Gasteiger partial charge in [-0.1, -0.05) is 20.8 Å². The summed E-state index contributed by atoms with van der Waals surface area (Å²) in [6.07, 6.45) is 2.96. The Labute approximate surface area is 119 Å². The Hall–Kier alpha value is -0.120. The number of aliphatic hydroxyl groups excluding tert-OH is 2. The average molecular weight is 271 g/mol. The third-order valence-electron chi connectivity index (χ3n) is 5.10. The zero-order valence-electron chi connectivity index (χ0n) is 13.6. The van der Waals surface area contributed by atoms with Crippen LogP contribution in [0.4, 0.5) is 0 Å². The lowest BCUT2D eigenvalue weighted by molar-refractivity contribution is -0.0157. The molecule has 1 rings (SSSR count). The van der Waals surface area contributed by atoms with Crippen molar-refractivity contribution in [1.29, 1.82) is 0 Å². The summed E-state index contributed by atoms with van der Waals surface area (Å²) in [5.41, 5.74) is 0.109. The summed E-state index contributed by atoms with van der Waals surface area (Å²) in [5.74, 6) is 1.01. The molecule has 0 radical (unpaired) electrons. The quantitative estimate of drug-likeness (QED) is 0.826. The van der Waals surface area contributed by atoms with Gasteiger partial charge in [0.15, 0.2) is 0 Å². The second-order valence-electron chi connectivity index (χ2n) is 8.05. The van der Waals surface area contributed by atoms with Gasteiger partial charge in [-0.3, -0.25) is 4.90 Å². The molecule has 3 unspecified atom stereocenters. The van der Waals surface area contributed by atoms with E-state index in [0.717, 1.165) is 25.8 Å². The molecule has 3 heteroatoms. The van der Waals surface area contributed by atoms with Gasteiger partial charge in [0.2, 0.25) is 0 Å². The van der Waals surface area contributed by atoms with E-state index in [1.165, 1.54) is 0 Å². The topological polar surface area (TPSA) is 43.7 Å². The zero-order valence-corrected chi connectivity index (χ0v) is 13.6. The van der Waals surface area contributed by atoms with E-state index in [0.29, 0.717) is 17.3 Å². The number of hydrogen-bond acceptors (Lipinski definition) is 3. The highest BCUT2D eigenvalue weighted by atomic mass is 16.3. The lowest BCUT2D eigenvalue weighted by Gasteiger charge is -2.43. The van der Waals surface area contributed by atoms with Gasteiger partial charge in [-0.25, -0.2) is 0 Å². The summed E-state index contributed by atoms with van der Waals surface area (Å²) in [6.45, 7) is 12.0. The second-order valence-corrected chi connectivity index (χ2v) is 8.05. The molecule has 0 saturated heterocycles. The molecule has 114 valence electrons. The Morgan fingerprint density at radius 3 is 2.16 bits per heavy atom. The van der Waals surface area contributed by atoms with Gasteiger partial charge in [0, 0.05) is 12.1 Å². The first-order valence-corrected chi connectivity index (χ1v) is 7.58. The number of likely N-dealkylation sites (N-methyl/N-ethyl adjacent to an activating group) is 1. The molecule has 1 saturated carbocycles. The number of hydrogen-bond donors (Lipinski definition) is 2. The Balaban J connectivity index is 2.65. The summed E-state index contributed by atoms with van der Waals surface area (Å²) in [5, 5.41) is 19.7. The van der Waals surface area contributed by atoms with Gasteiger partial charge in [0.05, 0.1) is 12.7 Å². The molecule has 19 heavy (non-hydrogen) atoms. The van der Waals surface area contributed by atoms with Crippen molar-refractivity contribution >= 4 is 0 Å². The first-order chi connectivity index (χ1) is 8.58. The van der Waals surface area contributed by atoms with Gasteiger partial charge < -0.3 is 10.2 Å². The molecule has 1 fully saturated rings. The fourth-order valence-corrected chi connectivity index (χ4v) is 2.95. The van der Waals surface area contributed by atoms with Crippen molar-refractivity contribution in [3.63, 3.8) is 0 Å². The lowest BCUT2D eigenvalue weighted by Crippen LogP contribution is -2.49. The van der Waals surface area contributed by atoms with E-state index in [1.807, 2.05) is 20.9 Å². The molecule has 0 aromatic rings. The molecule has 0 amide bonds. The van der Waals surface area contributed by atoms with Crippen molar-refractivity contribution in [2.24, 2.45) is 17.3 Å². The fraction of sp³-hybridized carbons (Fsp3) is 1.00. The Kier molecular flexibility index (Phi) is 5.44. The van der Waals surface area contributed by atoms with E-state index in [-0.39, 0.29) is 18.2 Å². The van der Waals surface area contributed by atoms with Crippen LogP contribution in [-0.2, 0) is 0 Å². The van der Waals surface area contributed by atoms with E-state index in [9.17, 15) is 10.2 Å². The van der Waals surface area contributed by atoms with Crippen LogP contribution >= 0.6 is 0 Å². The maximum atomic E-state index is 10.3. The highest BCUT2D eigenvalue weighted by Crippen LogP contribution is 2.40. The van der Waals surface area contributed by atoms with Crippen LogP contribution in [-0.4, -0.2) is 47.0 Å². The van der Waals surface area contributed by atoms with Crippen molar-refractivity contribution in [1.82, 2.24) is 4.90 Å². The number of aliphatic hydroxyl groups is 2. The van der Waals surface area contributed by atoms with Crippen LogP contribution in [0.2, 0.25) is 0 Å². The van der Waals surface area contributed by atoms with Crippen LogP contribution in [0.5, 0.6) is 0 Å². The Bertz CT molecular complexity index is 283. The van der Waals surface area contributed by atoms with Gasteiger partial charge in [0.1, 0.15) is 0 Å². The van der Waals surface area contributed by atoms with E-state index in [4.69, 9.17) is 0 Å². The molecule has 0 bridgehead atoms. The van der Waals surface area contributed by atoms with Crippen LogP contribution in [0.1, 0.15) is 53.9 Å². The summed E-state index contributed by atoms with van der Waals surface area (Å²) in [4.78, 5) is 2.19. The lowest BCUT2D eigenvalue weighted by atomic mass is 9.68. The van der Waals surface area contributed by atoms with Gasteiger partial charge >= 0.3 is 0 Å². The molecule has 2 N–H and O–H groups in total. The Morgan fingerprint density at radius 1 is 1.11 bits per heavy atom. The van der Waals surface area contributed by atoms with Crippen LogP contribution < -0.4 is 0 Å². The molecule has 3 nitrogen and oxygen atoms in total. The summed E-state index contributed by atoms with van der Waals surface area (Å²) < 4.78 is 0. The minimum atomic E-state index is -0.214. The molecule has 1 aliphatic carbocycles. The molecule has 1 aliphatic rings. The highest BCUT2D eigenvalue weighted by molar-refractivity contribution is 4.89. The predicted octanol–water partition coefficient (Wildman–Crippen LogP) is 2.51. The first kappa shape index (κ1) is 16.9. The van der Waals surface area contributed by atoms with E-state index in [1.54, 1.807) is 0 Å². The van der Waals surface area contributed by atoms with E-state index < -0.39 is 0 Å². The standard InChI is InChI=1S/C16H33NO2/c1-15(2,3)13-7-8-14(19)12(9-13)10-17(6)16(4,5)11-18/h12-14,18-19H,7-11H2,1-6H3. The molecule has 0 spiro atoms. The minimum Gasteiger partial charge on any atom is -0.394 e. The molecule has 0 heterocycles. The van der Waals surface area contributed by atoms with Crippen molar-refractivity contribution in [2.75, 3.05) is 20.2 Å². The summed E-state index contributed by atoms with van der Waals surface area (Å²) in [6, 6.07) is 0. The fourth-order valence-electron chi connectivity index (χ4n) is 2.95.